The van der Waals surface area contributed by atoms with Gasteiger partial charge >= 0.3 is 0 Å². The Morgan fingerprint density at radius 3 is 2.47 bits per heavy atom. The number of sulfonamides is 1. The Kier molecular flexibility index (Phi) is 3.66. The highest BCUT2D eigenvalue weighted by Crippen LogP contribution is 2.32. The molecule has 1 aliphatic heterocycles. The number of piperidine rings is 1. The molecule has 0 unspecified atom stereocenters. The molecular formula is C14H18N2O2S. The first kappa shape index (κ1) is 14.0. The van der Waals surface area contributed by atoms with Crippen LogP contribution in [0.2, 0.25) is 0 Å². The maximum absolute atomic E-state index is 12.5. The predicted molar refractivity (Wildman–Crippen MR) is 72.9 cm³/mol. The van der Waals surface area contributed by atoms with Crippen LogP contribution in [0.3, 0.4) is 0 Å². The monoisotopic (exact) mass is 278 g/mol. The minimum absolute atomic E-state index is 0.341. The smallest absolute Gasteiger partial charge is 0.207 e. The van der Waals surface area contributed by atoms with Gasteiger partial charge in [0.25, 0.3) is 0 Å². The topological polar surface area (TPSA) is 61.2 Å². The molecule has 0 aromatic heterocycles. The van der Waals surface area contributed by atoms with Crippen molar-refractivity contribution in [2.75, 3.05) is 13.1 Å². The van der Waals surface area contributed by atoms with Crippen LogP contribution < -0.4 is 0 Å². The summed E-state index contributed by atoms with van der Waals surface area (Å²) >= 11 is 0. The predicted octanol–water partition coefficient (Wildman–Crippen LogP) is 2.31. The van der Waals surface area contributed by atoms with Gasteiger partial charge in [-0.25, -0.2) is 8.42 Å². The summed E-state index contributed by atoms with van der Waals surface area (Å²) in [7, 11) is -3.42. The van der Waals surface area contributed by atoms with Gasteiger partial charge < -0.3 is 0 Å². The summed E-state index contributed by atoms with van der Waals surface area (Å²) in [5.41, 5.74) is 0.540. The summed E-state index contributed by atoms with van der Waals surface area (Å²) in [5, 5.41) is 9.07. The van der Waals surface area contributed by atoms with Crippen molar-refractivity contribution in [3.8, 4) is 6.07 Å². The van der Waals surface area contributed by atoms with E-state index in [9.17, 15) is 8.42 Å². The van der Waals surface area contributed by atoms with Crippen molar-refractivity contribution in [1.82, 2.24) is 4.31 Å². The molecule has 1 aromatic carbocycles. The van der Waals surface area contributed by atoms with Gasteiger partial charge in [-0.2, -0.15) is 9.57 Å². The third-order valence-corrected chi connectivity index (χ3v) is 5.62. The number of benzene rings is 1. The van der Waals surface area contributed by atoms with Crippen LogP contribution >= 0.6 is 0 Å². The molecule has 102 valence electrons. The molecule has 5 heteroatoms. The second-order valence-electron chi connectivity index (χ2n) is 5.39. The lowest BCUT2D eigenvalue weighted by molar-refractivity contribution is 0.232. The first-order valence-corrected chi connectivity index (χ1v) is 7.79. The summed E-state index contributed by atoms with van der Waals surface area (Å²) in [5.74, 6) is 0. The van der Waals surface area contributed by atoms with Gasteiger partial charge in [0, 0.05) is 13.1 Å². The molecule has 0 amide bonds. The van der Waals surface area contributed by atoms with Gasteiger partial charge in [-0.3, -0.25) is 0 Å². The summed E-state index contributed by atoms with van der Waals surface area (Å²) < 4.78 is 26.5. The molecule has 1 aliphatic rings. The number of aryl methyl sites for hydroxylation is 1. The Morgan fingerprint density at radius 1 is 1.32 bits per heavy atom. The Bertz CT molecular complexity index is 609. The van der Waals surface area contributed by atoms with Gasteiger partial charge in [0.2, 0.25) is 10.0 Å². The van der Waals surface area contributed by atoms with Gasteiger partial charge in [0.1, 0.15) is 0 Å². The Balaban J connectivity index is 2.22. The van der Waals surface area contributed by atoms with Crippen molar-refractivity contribution < 1.29 is 8.42 Å². The van der Waals surface area contributed by atoms with E-state index >= 15 is 0 Å². The van der Waals surface area contributed by atoms with Gasteiger partial charge in [0.05, 0.1) is 16.4 Å². The van der Waals surface area contributed by atoms with Crippen LogP contribution in [0.15, 0.2) is 29.2 Å². The summed E-state index contributed by atoms with van der Waals surface area (Å²) in [6, 6.07) is 9.23. The van der Waals surface area contributed by atoms with Gasteiger partial charge in [-0.05, 0) is 44.4 Å². The van der Waals surface area contributed by atoms with Crippen LogP contribution in [0, 0.1) is 23.7 Å². The highest BCUT2D eigenvalue weighted by atomic mass is 32.2. The lowest BCUT2D eigenvalue weighted by atomic mass is 9.83. The van der Waals surface area contributed by atoms with E-state index in [0.717, 1.165) is 5.56 Å². The minimum atomic E-state index is -3.42. The molecule has 2 rings (SSSR count). The first-order chi connectivity index (χ1) is 8.87. The van der Waals surface area contributed by atoms with Gasteiger partial charge in [-0.1, -0.05) is 12.1 Å². The number of hydrogen-bond acceptors (Lipinski definition) is 3. The average molecular weight is 278 g/mol. The normalized spacial score (nSPS) is 19.8. The summed E-state index contributed by atoms with van der Waals surface area (Å²) in [6.45, 7) is 4.60. The number of hydrogen-bond donors (Lipinski definition) is 0. The number of rotatable bonds is 2. The zero-order valence-corrected chi connectivity index (χ0v) is 12.1. The molecular weight excluding hydrogens is 260 g/mol. The molecule has 0 atom stereocenters. The molecule has 1 fully saturated rings. The second kappa shape index (κ2) is 4.95. The fourth-order valence-corrected chi connectivity index (χ4v) is 3.80. The molecule has 1 aromatic rings. The Labute approximate surface area is 114 Å². The Hall–Kier alpha value is -1.38. The van der Waals surface area contributed by atoms with E-state index < -0.39 is 15.4 Å². The van der Waals surface area contributed by atoms with E-state index in [1.807, 2.05) is 19.9 Å². The van der Waals surface area contributed by atoms with Crippen LogP contribution in [0.25, 0.3) is 0 Å². The van der Waals surface area contributed by atoms with Crippen molar-refractivity contribution in [2.45, 2.75) is 31.6 Å². The molecule has 0 spiro atoms. The molecule has 1 heterocycles. The lowest BCUT2D eigenvalue weighted by Gasteiger charge is -2.34. The molecule has 0 N–H and O–H groups in total. The standard InChI is InChI=1S/C14H18N2O2S/c1-12-4-3-5-13(10-12)19(17,18)16-8-6-14(2,11-15)7-9-16/h3-5,10H,6-9H2,1-2H3. The van der Waals surface area contributed by atoms with E-state index in [1.54, 1.807) is 18.2 Å². The van der Waals surface area contributed by atoms with E-state index in [2.05, 4.69) is 6.07 Å². The van der Waals surface area contributed by atoms with Gasteiger partial charge in [0.15, 0.2) is 0 Å². The van der Waals surface area contributed by atoms with Crippen LogP contribution in [0.5, 0.6) is 0 Å². The van der Waals surface area contributed by atoms with Crippen LogP contribution in [0.4, 0.5) is 0 Å². The molecule has 0 saturated carbocycles. The lowest BCUT2D eigenvalue weighted by Crippen LogP contribution is -2.41. The minimum Gasteiger partial charge on any atom is -0.207 e. The molecule has 0 bridgehead atoms. The van der Waals surface area contributed by atoms with Crippen molar-refractivity contribution in [3.05, 3.63) is 29.8 Å². The Morgan fingerprint density at radius 2 is 1.95 bits per heavy atom. The fraction of sp³-hybridized carbons (Fsp3) is 0.500. The third-order valence-electron chi connectivity index (χ3n) is 3.72. The zero-order chi connectivity index (χ0) is 14.1. The number of nitriles is 1. The highest BCUT2D eigenvalue weighted by Gasteiger charge is 2.35. The van der Waals surface area contributed by atoms with Crippen LogP contribution in [0.1, 0.15) is 25.3 Å². The van der Waals surface area contributed by atoms with Crippen molar-refractivity contribution in [2.24, 2.45) is 5.41 Å². The molecule has 1 saturated heterocycles. The average Bonchev–Trinajstić information content (AvgIpc) is 2.39. The van der Waals surface area contributed by atoms with Crippen molar-refractivity contribution >= 4 is 10.0 Å². The highest BCUT2D eigenvalue weighted by molar-refractivity contribution is 7.89. The number of nitrogens with zero attached hydrogens (tertiary/aromatic N) is 2. The molecule has 0 radical (unpaired) electrons. The summed E-state index contributed by atoms with van der Waals surface area (Å²) in [4.78, 5) is 0.341. The van der Waals surface area contributed by atoms with Crippen molar-refractivity contribution in [1.29, 1.82) is 5.26 Å². The van der Waals surface area contributed by atoms with E-state index in [0.29, 0.717) is 30.8 Å². The second-order valence-corrected chi connectivity index (χ2v) is 7.33. The van der Waals surface area contributed by atoms with Gasteiger partial charge in [-0.15, -0.1) is 0 Å². The third kappa shape index (κ3) is 2.80. The molecule has 4 nitrogen and oxygen atoms in total. The molecule has 19 heavy (non-hydrogen) atoms. The van der Waals surface area contributed by atoms with Crippen molar-refractivity contribution in [3.63, 3.8) is 0 Å². The SMILES string of the molecule is Cc1cccc(S(=O)(=O)N2CCC(C)(C#N)CC2)c1. The zero-order valence-electron chi connectivity index (χ0n) is 11.3. The maximum Gasteiger partial charge on any atom is 0.243 e. The largest absolute Gasteiger partial charge is 0.243 e. The van der Waals surface area contributed by atoms with Crippen LogP contribution in [-0.4, -0.2) is 25.8 Å². The summed E-state index contributed by atoms with van der Waals surface area (Å²) in [6.07, 6.45) is 1.18. The first-order valence-electron chi connectivity index (χ1n) is 6.35. The fourth-order valence-electron chi connectivity index (χ4n) is 2.26. The van der Waals surface area contributed by atoms with Crippen LogP contribution in [-0.2, 0) is 10.0 Å². The van der Waals surface area contributed by atoms with E-state index in [-0.39, 0.29) is 0 Å². The quantitative estimate of drug-likeness (QED) is 0.834. The van der Waals surface area contributed by atoms with E-state index in [1.165, 1.54) is 4.31 Å². The maximum atomic E-state index is 12.5. The molecule has 0 aliphatic carbocycles. The van der Waals surface area contributed by atoms with E-state index in [4.69, 9.17) is 5.26 Å².